The Morgan fingerprint density at radius 3 is 2.62 bits per heavy atom. The second-order valence-corrected chi connectivity index (χ2v) is 8.19. The summed E-state index contributed by atoms with van der Waals surface area (Å²) in [7, 11) is -4.08. The van der Waals surface area contributed by atoms with Crippen molar-refractivity contribution in [3.05, 3.63) is 64.7 Å². The van der Waals surface area contributed by atoms with E-state index in [2.05, 4.69) is 4.72 Å². The van der Waals surface area contributed by atoms with Crippen molar-refractivity contribution < 1.29 is 18.3 Å². The summed E-state index contributed by atoms with van der Waals surface area (Å²) >= 11 is 6.01. The Morgan fingerprint density at radius 2 is 1.88 bits per heavy atom. The fraction of sp³-hybridized carbons (Fsp3) is 0.278. The predicted molar refractivity (Wildman–Crippen MR) is 99.2 cm³/mol. The van der Waals surface area contributed by atoms with Crippen molar-refractivity contribution in [2.45, 2.75) is 25.3 Å². The van der Waals surface area contributed by atoms with E-state index in [0.29, 0.717) is 23.4 Å². The Kier molecular flexibility index (Phi) is 5.50. The molecule has 1 aliphatic rings. The van der Waals surface area contributed by atoms with Crippen LogP contribution in [0.5, 0.6) is 5.75 Å². The van der Waals surface area contributed by atoms with E-state index in [0.717, 1.165) is 6.42 Å². The quantitative estimate of drug-likeness (QED) is 0.833. The highest BCUT2D eigenvalue weighted by molar-refractivity contribution is 7.87. The third kappa shape index (κ3) is 4.00. The van der Waals surface area contributed by atoms with E-state index < -0.39 is 22.2 Å². The molecular formula is C18H19ClN2O4S. The van der Waals surface area contributed by atoms with Gasteiger partial charge in [0.1, 0.15) is 5.75 Å². The molecule has 1 unspecified atom stereocenters. The van der Waals surface area contributed by atoms with Crippen LogP contribution in [0.2, 0.25) is 5.02 Å². The van der Waals surface area contributed by atoms with E-state index >= 15 is 0 Å². The van der Waals surface area contributed by atoms with Gasteiger partial charge in [-0.2, -0.15) is 12.7 Å². The first-order chi connectivity index (χ1) is 12.4. The summed E-state index contributed by atoms with van der Waals surface area (Å²) in [4.78, 5) is 12.3. The molecule has 3 rings (SSSR count). The van der Waals surface area contributed by atoms with Gasteiger partial charge in [0.2, 0.25) is 0 Å². The number of aromatic hydroxyl groups is 1. The number of nitrogens with one attached hydrogen (secondary N) is 1. The molecule has 2 aromatic rings. The first-order valence-corrected chi connectivity index (χ1v) is 10.1. The van der Waals surface area contributed by atoms with Crippen LogP contribution in [0.1, 0.15) is 41.2 Å². The molecule has 1 aliphatic heterocycles. The van der Waals surface area contributed by atoms with E-state index in [1.54, 1.807) is 42.5 Å². The Hall–Kier alpha value is -2.09. The van der Waals surface area contributed by atoms with Crippen LogP contribution in [0.3, 0.4) is 0 Å². The summed E-state index contributed by atoms with van der Waals surface area (Å²) in [6.07, 6.45) is 2.03. The molecule has 6 nitrogen and oxygen atoms in total. The van der Waals surface area contributed by atoms with Gasteiger partial charge in [0.25, 0.3) is 5.91 Å². The lowest BCUT2D eigenvalue weighted by Crippen LogP contribution is -2.47. The van der Waals surface area contributed by atoms with Crippen LogP contribution in [0.15, 0.2) is 48.5 Å². The van der Waals surface area contributed by atoms with E-state index in [1.165, 1.54) is 10.4 Å². The van der Waals surface area contributed by atoms with Crippen molar-refractivity contribution in [2.75, 3.05) is 6.54 Å². The number of phenolic OH excluding ortho intramolecular Hbond substituents is 1. The number of rotatable bonds is 4. The largest absolute Gasteiger partial charge is 0.508 e. The standard InChI is InChI=1S/C18H19ClN2O4S/c19-14-9-10-17(22)15(12-14)16-8-4-5-11-21(16)26(24,25)20-18(23)13-6-2-1-3-7-13/h1-3,6-7,9-10,12,16,22H,4-5,8,11H2,(H,20,23). The molecule has 1 amide bonds. The van der Waals surface area contributed by atoms with Gasteiger partial charge in [0.15, 0.2) is 0 Å². The van der Waals surface area contributed by atoms with Gasteiger partial charge < -0.3 is 5.11 Å². The highest BCUT2D eigenvalue weighted by Gasteiger charge is 2.35. The van der Waals surface area contributed by atoms with Crippen LogP contribution in [-0.2, 0) is 10.2 Å². The van der Waals surface area contributed by atoms with Crippen LogP contribution in [0.25, 0.3) is 0 Å². The Morgan fingerprint density at radius 1 is 1.15 bits per heavy atom. The highest BCUT2D eigenvalue weighted by atomic mass is 35.5. The number of amides is 1. The predicted octanol–water partition coefficient (Wildman–Crippen LogP) is 3.25. The zero-order valence-electron chi connectivity index (χ0n) is 13.9. The molecule has 2 aromatic carbocycles. The summed E-state index contributed by atoms with van der Waals surface area (Å²) in [5.41, 5.74) is 0.699. The van der Waals surface area contributed by atoms with Crippen LogP contribution in [0, 0.1) is 0 Å². The van der Waals surface area contributed by atoms with Crippen molar-refractivity contribution in [2.24, 2.45) is 0 Å². The van der Waals surface area contributed by atoms with Gasteiger partial charge in [-0.05, 0) is 43.2 Å². The molecule has 2 N–H and O–H groups in total. The van der Waals surface area contributed by atoms with Crippen LogP contribution in [-0.4, -0.2) is 30.3 Å². The molecule has 0 saturated carbocycles. The molecular weight excluding hydrogens is 376 g/mol. The molecule has 0 bridgehead atoms. The maximum absolute atomic E-state index is 12.8. The zero-order chi connectivity index (χ0) is 18.7. The number of hydrogen-bond donors (Lipinski definition) is 2. The molecule has 0 radical (unpaired) electrons. The topological polar surface area (TPSA) is 86.7 Å². The molecule has 1 heterocycles. The van der Waals surface area contributed by atoms with Gasteiger partial charge in [0.05, 0.1) is 6.04 Å². The summed E-state index contributed by atoms with van der Waals surface area (Å²) in [6, 6.07) is 12.1. The second-order valence-electron chi connectivity index (χ2n) is 6.13. The smallest absolute Gasteiger partial charge is 0.304 e. The average Bonchev–Trinajstić information content (AvgIpc) is 2.64. The Labute approximate surface area is 157 Å². The zero-order valence-corrected chi connectivity index (χ0v) is 15.5. The lowest BCUT2D eigenvalue weighted by molar-refractivity contribution is 0.0977. The van der Waals surface area contributed by atoms with Crippen LogP contribution >= 0.6 is 11.6 Å². The number of benzene rings is 2. The van der Waals surface area contributed by atoms with Gasteiger partial charge in [0, 0.05) is 22.7 Å². The van der Waals surface area contributed by atoms with Crippen molar-refractivity contribution in [3.63, 3.8) is 0 Å². The van der Waals surface area contributed by atoms with Gasteiger partial charge in [-0.25, -0.2) is 4.72 Å². The molecule has 0 spiro atoms. The molecule has 26 heavy (non-hydrogen) atoms. The number of carbonyl (C=O) groups is 1. The van der Waals surface area contributed by atoms with E-state index in [4.69, 9.17) is 11.6 Å². The Balaban J connectivity index is 1.89. The van der Waals surface area contributed by atoms with Crippen molar-refractivity contribution in [1.82, 2.24) is 9.03 Å². The number of hydrogen-bond acceptors (Lipinski definition) is 4. The maximum Gasteiger partial charge on any atom is 0.304 e. The van der Waals surface area contributed by atoms with Gasteiger partial charge in [-0.3, -0.25) is 4.79 Å². The summed E-state index contributed by atoms with van der Waals surface area (Å²) in [5.74, 6) is -0.707. The third-order valence-electron chi connectivity index (χ3n) is 4.37. The van der Waals surface area contributed by atoms with E-state index in [-0.39, 0.29) is 17.9 Å². The van der Waals surface area contributed by atoms with Crippen molar-refractivity contribution in [3.8, 4) is 5.75 Å². The van der Waals surface area contributed by atoms with Crippen molar-refractivity contribution >= 4 is 27.7 Å². The molecule has 1 atom stereocenters. The monoisotopic (exact) mass is 394 g/mol. The van der Waals surface area contributed by atoms with Gasteiger partial charge >= 0.3 is 10.2 Å². The Bertz CT molecular complexity index is 903. The SMILES string of the molecule is O=C(NS(=O)(=O)N1CCCCC1c1cc(Cl)ccc1O)c1ccccc1. The average molecular weight is 395 g/mol. The van der Waals surface area contributed by atoms with Crippen molar-refractivity contribution in [1.29, 1.82) is 0 Å². The maximum atomic E-state index is 12.8. The number of nitrogens with zero attached hydrogens (tertiary/aromatic N) is 1. The number of phenols is 1. The molecule has 1 fully saturated rings. The highest BCUT2D eigenvalue weighted by Crippen LogP contribution is 2.38. The first-order valence-electron chi connectivity index (χ1n) is 8.26. The van der Waals surface area contributed by atoms with Gasteiger partial charge in [-0.15, -0.1) is 0 Å². The fourth-order valence-corrected chi connectivity index (χ4v) is 4.69. The number of carbonyl (C=O) groups excluding carboxylic acids is 1. The lowest BCUT2D eigenvalue weighted by atomic mass is 9.97. The molecule has 0 aromatic heterocycles. The molecule has 8 heteroatoms. The van der Waals surface area contributed by atoms with E-state index in [1.807, 2.05) is 0 Å². The minimum absolute atomic E-state index is 0.0177. The lowest BCUT2D eigenvalue weighted by Gasteiger charge is -2.35. The first kappa shape index (κ1) is 18.7. The third-order valence-corrected chi connectivity index (χ3v) is 6.10. The second kappa shape index (κ2) is 7.65. The molecule has 138 valence electrons. The van der Waals surface area contributed by atoms with Crippen LogP contribution in [0.4, 0.5) is 0 Å². The summed E-state index contributed by atoms with van der Waals surface area (Å²) in [5, 5.41) is 10.6. The summed E-state index contributed by atoms with van der Waals surface area (Å²) in [6.45, 7) is 0.258. The fourth-order valence-electron chi connectivity index (χ4n) is 3.12. The van der Waals surface area contributed by atoms with E-state index in [9.17, 15) is 18.3 Å². The number of halogens is 1. The number of piperidine rings is 1. The minimum Gasteiger partial charge on any atom is -0.508 e. The molecule has 0 aliphatic carbocycles. The summed E-state index contributed by atoms with van der Waals surface area (Å²) < 4.78 is 29.0. The normalized spacial score (nSPS) is 18.4. The van der Waals surface area contributed by atoms with Gasteiger partial charge in [-0.1, -0.05) is 36.2 Å². The van der Waals surface area contributed by atoms with Crippen LogP contribution < -0.4 is 4.72 Å². The molecule has 1 saturated heterocycles. The minimum atomic E-state index is -4.08.